The Morgan fingerprint density at radius 2 is 1.62 bits per heavy atom. The molecule has 1 heterocycles. The molecule has 0 aliphatic carbocycles. The van der Waals surface area contributed by atoms with E-state index in [4.69, 9.17) is 14.2 Å². The molecule has 0 aromatic heterocycles. The Morgan fingerprint density at radius 1 is 0.912 bits per heavy atom. The van der Waals surface area contributed by atoms with Gasteiger partial charge in [0.15, 0.2) is 0 Å². The molecule has 4 rings (SSSR count). The van der Waals surface area contributed by atoms with Crippen LogP contribution in [-0.4, -0.2) is 18.8 Å². The number of benzene rings is 3. The molecular weight excluding hydrogens is 422 g/mol. The molecule has 4 nitrogen and oxygen atoms in total. The van der Waals surface area contributed by atoms with E-state index in [2.05, 4.69) is 101 Å². The lowest BCUT2D eigenvalue weighted by molar-refractivity contribution is -0.159. The van der Waals surface area contributed by atoms with Crippen molar-refractivity contribution in [2.75, 3.05) is 12.4 Å². The van der Waals surface area contributed by atoms with Crippen LogP contribution in [0.2, 0.25) is 0 Å². The molecular formula is C30H37NO3. The van der Waals surface area contributed by atoms with Crippen molar-refractivity contribution >= 4 is 5.69 Å². The van der Waals surface area contributed by atoms with Crippen LogP contribution in [0.5, 0.6) is 5.75 Å². The fourth-order valence-corrected chi connectivity index (χ4v) is 4.47. The molecule has 0 saturated carbocycles. The quantitative estimate of drug-likeness (QED) is 0.411. The van der Waals surface area contributed by atoms with Gasteiger partial charge in [0, 0.05) is 24.9 Å². The van der Waals surface area contributed by atoms with Crippen LogP contribution in [0.25, 0.3) is 0 Å². The standard InChI is InChI=1S/C30H37NO3/c1-29(2,3)23-14-12-22(13-15-23)20-33-28-27(32-6)25-18-24(16-17-26(25)34-30(28,4)5)31-19-21-10-8-7-9-11-21/h7-18,27-28,31H,19-20H2,1-6H3. The monoisotopic (exact) mass is 459 g/mol. The molecule has 0 fully saturated rings. The molecule has 1 aliphatic rings. The van der Waals surface area contributed by atoms with E-state index in [0.717, 1.165) is 29.1 Å². The Balaban J connectivity index is 1.51. The van der Waals surface area contributed by atoms with Crippen LogP contribution in [0.4, 0.5) is 5.69 Å². The van der Waals surface area contributed by atoms with E-state index >= 15 is 0 Å². The van der Waals surface area contributed by atoms with Gasteiger partial charge in [-0.3, -0.25) is 0 Å². The second-order valence-electron chi connectivity index (χ2n) is 10.6. The lowest BCUT2D eigenvalue weighted by atomic mass is 9.86. The summed E-state index contributed by atoms with van der Waals surface area (Å²) in [4.78, 5) is 0. The number of fused-ring (bicyclic) bond motifs is 1. The zero-order chi connectivity index (χ0) is 24.3. The average molecular weight is 460 g/mol. The molecule has 180 valence electrons. The van der Waals surface area contributed by atoms with Gasteiger partial charge in [-0.1, -0.05) is 75.4 Å². The minimum Gasteiger partial charge on any atom is -0.485 e. The van der Waals surface area contributed by atoms with Gasteiger partial charge in [-0.2, -0.15) is 0 Å². The molecule has 3 aromatic carbocycles. The van der Waals surface area contributed by atoms with Gasteiger partial charge in [-0.15, -0.1) is 0 Å². The van der Waals surface area contributed by atoms with Gasteiger partial charge >= 0.3 is 0 Å². The molecule has 2 atom stereocenters. The molecule has 3 aromatic rings. The Kier molecular flexibility index (Phi) is 7.01. The number of hydrogen-bond donors (Lipinski definition) is 1. The minimum atomic E-state index is -0.530. The van der Waals surface area contributed by atoms with Gasteiger partial charge in [0.1, 0.15) is 23.6 Å². The predicted molar refractivity (Wildman–Crippen MR) is 138 cm³/mol. The van der Waals surface area contributed by atoms with Crippen molar-refractivity contribution in [1.29, 1.82) is 0 Å². The van der Waals surface area contributed by atoms with Crippen molar-refractivity contribution in [3.63, 3.8) is 0 Å². The topological polar surface area (TPSA) is 39.7 Å². The summed E-state index contributed by atoms with van der Waals surface area (Å²) in [5, 5.41) is 3.51. The first-order chi connectivity index (χ1) is 16.2. The highest BCUT2D eigenvalue weighted by Gasteiger charge is 2.45. The third kappa shape index (κ3) is 5.45. The Labute approximate surface area is 204 Å². The Hall–Kier alpha value is -2.82. The van der Waals surface area contributed by atoms with Gasteiger partial charge in [0.05, 0.1) is 6.61 Å². The molecule has 4 heteroatoms. The SMILES string of the molecule is COC1c2cc(NCc3ccccc3)ccc2OC(C)(C)C1OCc1ccc(C(C)(C)C)cc1. The maximum Gasteiger partial charge on any atom is 0.132 e. The Bertz CT molecular complexity index is 1080. The van der Waals surface area contributed by atoms with Crippen molar-refractivity contribution in [3.8, 4) is 5.75 Å². The number of rotatable bonds is 7. The van der Waals surface area contributed by atoms with Crippen LogP contribution >= 0.6 is 0 Å². The zero-order valence-corrected chi connectivity index (χ0v) is 21.2. The molecule has 34 heavy (non-hydrogen) atoms. The van der Waals surface area contributed by atoms with Gasteiger partial charge in [-0.25, -0.2) is 0 Å². The van der Waals surface area contributed by atoms with Gasteiger partial charge in [0.25, 0.3) is 0 Å². The van der Waals surface area contributed by atoms with E-state index in [9.17, 15) is 0 Å². The highest BCUT2D eigenvalue weighted by molar-refractivity contribution is 5.54. The number of ether oxygens (including phenoxy) is 3. The molecule has 1 aliphatic heterocycles. The lowest BCUT2D eigenvalue weighted by Crippen LogP contribution is -2.50. The third-order valence-electron chi connectivity index (χ3n) is 6.49. The first kappa shape index (κ1) is 24.3. The number of anilines is 1. The summed E-state index contributed by atoms with van der Waals surface area (Å²) in [5.41, 5.74) is 5.34. The van der Waals surface area contributed by atoms with Crippen molar-refractivity contribution in [2.45, 2.75) is 71.0 Å². The van der Waals surface area contributed by atoms with Crippen LogP contribution < -0.4 is 10.1 Å². The summed E-state index contributed by atoms with van der Waals surface area (Å²) in [5.74, 6) is 0.844. The largest absolute Gasteiger partial charge is 0.485 e. The summed E-state index contributed by atoms with van der Waals surface area (Å²) in [6.45, 7) is 12.1. The van der Waals surface area contributed by atoms with Crippen molar-refractivity contribution < 1.29 is 14.2 Å². The highest BCUT2D eigenvalue weighted by Crippen LogP contribution is 2.44. The van der Waals surface area contributed by atoms with Crippen LogP contribution in [-0.2, 0) is 28.0 Å². The fourth-order valence-electron chi connectivity index (χ4n) is 4.47. The first-order valence-electron chi connectivity index (χ1n) is 12.0. The number of nitrogens with one attached hydrogen (secondary N) is 1. The second kappa shape index (κ2) is 9.81. The fraction of sp³-hybridized carbons (Fsp3) is 0.400. The highest BCUT2D eigenvalue weighted by atomic mass is 16.6. The van der Waals surface area contributed by atoms with Crippen molar-refractivity contribution in [3.05, 3.63) is 95.1 Å². The summed E-state index contributed by atoms with van der Waals surface area (Å²) in [7, 11) is 1.74. The average Bonchev–Trinajstić information content (AvgIpc) is 2.81. The summed E-state index contributed by atoms with van der Waals surface area (Å²) >= 11 is 0. The molecule has 0 spiro atoms. The van der Waals surface area contributed by atoms with Crippen molar-refractivity contribution in [2.24, 2.45) is 0 Å². The second-order valence-corrected chi connectivity index (χ2v) is 10.6. The Morgan fingerprint density at radius 3 is 2.26 bits per heavy atom. The number of methoxy groups -OCH3 is 1. The maximum atomic E-state index is 6.47. The molecule has 0 bridgehead atoms. The summed E-state index contributed by atoms with van der Waals surface area (Å²) in [6, 6.07) is 25.3. The van der Waals surface area contributed by atoms with Gasteiger partial charge in [-0.05, 0) is 54.2 Å². The van der Waals surface area contributed by atoms with E-state index < -0.39 is 5.60 Å². The third-order valence-corrected chi connectivity index (χ3v) is 6.49. The van der Waals surface area contributed by atoms with E-state index in [0.29, 0.717) is 6.61 Å². The van der Waals surface area contributed by atoms with E-state index in [-0.39, 0.29) is 17.6 Å². The maximum absolute atomic E-state index is 6.47. The number of hydrogen-bond acceptors (Lipinski definition) is 4. The first-order valence-corrected chi connectivity index (χ1v) is 12.0. The molecule has 0 radical (unpaired) electrons. The van der Waals surface area contributed by atoms with Gasteiger partial charge < -0.3 is 19.5 Å². The smallest absolute Gasteiger partial charge is 0.132 e. The van der Waals surface area contributed by atoms with Gasteiger partial charge in [0.2, 0.25) is 0 Å². The van der Waals surface area contributed by atoms with E-state index in [1.807, 2.05) is 12.1 Å². The molecule has 2 unspecified atom stereocenters. The molecule has 1 N–H and O–H groups in total. The van der Waals surface area contributed by atoms with Crippen LogP contribution in [0.1, 0.15) is 63.0 Å². The zero-order valence-electron chi connectivity index (χ0n) is 21.2. The van der Waals surface area contributed by atoms with E-state index in [1.165, 1.54) is 11.1 Å². The minimum absolute atomic E-state index is 0.135. The lowest BCUT2D eigenvalue weighted by Gasteiger charge is -2.44. The summed E-state index contributed by atoms with van der Waals surface area (Å²) < 4.78 is 18.9. The van der Waals surface area contributed by atoms with E-state index in [1.54, 1.807) is 7.11 Å². The van der Waals surface area contributed by atoms with Crippen LogP contribution in [0.3, 0.4) is 0 Å². The van der Waals surface area contributed by atoms with Crippen molar-refractivity contribution in [1.82, 2.24) is 0 Å². The van der Waals surface area contributed by atoms with Crippen LogP contribution in [0, 0.1) is 0 Å². The van der Waals surface area contributed by atoms with Crippen LogP contribution in [0.15, 0.2) is 72.8 Å². The predicted octanol–water partition coefficient (Wildman–Crippen LogP) is 7.04. The molecule has 0 saturated heterocycles. The normalized spacial score (nSPS) is 19.2. The summed E-state index contributed by atoms with van der Waals surface area (Å²) in [6.07, 6.45) is -0.484. The molecule has 0 amide bonds.